The fourth-order valence-electron chi connectivity index (χ4n) is 1.80. The molecule has 2 N–H and O–H groups in total. The van der Waals surface area contributed by atoms with Crippen LogP contribution < -0.4 is 5.32 Å². The number of aromatic carboxylic acids is 1. The predicted molar refractivity (Wildman–Crippen MR) is 66.1 cm³/mol. The minimum atomic E-state index is -1.00. The minimum Gasteiger partial charge on any atom is -0.477 e. The maximum absolute atomic E-state index is 11.2. The first kappa shape index (κ1) is 12.2. The molecule has 0 fully saturated rings. The van der Waals surface area contributed by atoms with Crippen molar-refractivity contribution < 1.29 is 9.90 Å². The summed E-state index contributed by atoms with van der Waals surface area (Å²) in [6, 6.07) is 1.84. The lowest BCUT2D eigenvalue weighted by Gasteiger charge is -2.04. The number of nitrogens with one attached hydrogen (secondary N) is 1. The van der Waals surface area contributed by atoms with Crippen molar-refractivity contribution in [1.82, 2.24) is 19.6 Å². The number of rotatable bonds is 3. The molecule has 0 spiro atoms. The molecule has 0 aromatic carbocycles. The van der Waals surface area contributed by atoms with E-state index in [1.54, 1.807) is 18.7 Å². The summed E-state index contributed by atoms with van der Waals surface area (Å²) in [5.74, 6) is 0.0225. The van der Waals surface area contributed by atoms with Crippen molar-refractivity contribution in [3.63, 3.8) is 0 Å². The van der Waals surface area contributed by atoms with Gasteiger partial charge in [-0.2, -0.15) is 10.2 Å². The van der Waals surface area contributed by atoms with Crippen LogP contribution in [-0.4, -0.2) is 30.6 Å². The second-order valence-corrected chi connectivity index (χ2v) is 4.16. The van der Waals surface area contributed by atoms with Crippen LogP contribution in [0.4, 0.5) is 11.6 Å². The van der Waals surface area contributed by atoms with E-state index >= 15 is 0 Å². The van der Waals surface area contributed by atoms with Gasteiger partial charge in [-0.05, 0) is 13.8 Å². The van der Waals surface area contributed by atoms with Crippen LogP contribution >= 0.6 is 0 Å². The Morgan fingerprint density at radius 1 is 1.28 bits per heavy atom. The number of hydrogen-bond donors (Lipinski definition) is 2. The molecule has 2 heterocycles. The predicted octanol–water partition coefficient (Wildman–Crippen LogP) is 1.21. The molecule has 2 aromatic heterocycles. The average Bonchev–Trinajstić information content (AvgIpc) is 2.69. The highest BCUT2D eigenvalue weighted by Crippen LogP contribution is 2.22. The van der Waals surface area contributed by atoms with E-state index in [9.17, 15) is 9.90 Å². The van der Waals surface area contributed by atoms with Crippen molar-refractivity contribution in [3.05, 3.63) is 23.0 Å². The van der Waals surface area contributed by atoms with Gasteiger partial charge in [0, 0.05) is 25.9 Å². The van der Waals surface area contributed by atoms with E-state index in [0.29, 0.717) is 17.3 Å². The summed E-state index contributed by atoms with van der Waals surface area (Å²) in [6.07, 6.45) is 0. The Morgan fingerprint density at radius 2 is 1.94 bits per heavy atom. The van der Waals surface area contributed by atoms with E-state index in [0.717, 1.165) is 5.69 Å². The highest BCUT2D eigenvalue weighted by molar-refractivity contribution is 5.95. The Labute approximate surface area is 104 Å². The van der Waals surface area contributed by atoms with Crippen molar-refractivity contribution in [2.24, 2.45) is 14.1 Å². The van der Waals surface area contributed by atoms with Gasteiger partial charge in [0.05, 0.1) is 5.69 Å². The van der Waals surface area contributed by atoms with Crippen LogP contribution in [0.25, 0.3) is 0 Å². The highest BCUT2D eigenvalue weighted by Gasteiger charge is 2.20. The molecule has 0 saturated heterocycles. The summed E-state index contributed by atoms with van der Waals surface area (Å²) in [5, 5.41) is 20.5. The molecule has 18 heavy (non-hydrogen) atoms. The number of nitrogens with zero attached hydrogens (tertiary/aromatic N) is 4. The van der Waals surface area contributed by atoms with Gasteiger partial charge in [-0.15, -0.1) is 0 Å². The van der Waals surface area contributed by atoms with Gasteiger partial charge >= 0.3 is 5.97 Å². The first-order chi connectivity index (χ1) is 8.40. The number of hydrogen-bond acceptors (Lipinski definition) is 4. The van der Waals surface area contributed by atoms with Crippen LogP contribution in [-0.2, 0) is 14.1 Å². The second kappa shape index (κ2) is 4.17. The van der Waals surface area contributed by atoms with Crippen LogP contribution in [0, 0.1) is 13.8 Å². The van der Waals surface area contributed by atoms with Crippen molar-refractivity contribution in [3.8, 4) is 0 Å². The smallest absolute Gasteiger partial charge is 0.341 e. The number of anilines is 2. The van der Waals surface area contributed by atoms with Crippen molar-refractivity contribution in [1.29, 1.82) is 0 Å². The fourth-order valence-corrected chi connectivity index (χ4v) is 1.80. The summed E-state index contributed by atoms with van der Waals surface area (Å²) < 4.78 is 3.22. The lowest BCUT2D eigenvalue weighted by Crippen LogP contribution is -2.05. The Balaban J connectivity index is 2.42. The Hall–Kier alpha value is -2.31. The first-order valence-electron chi connectivity index (χ1n) is 5.44. The van der Waals surface area contributed by atoms with Gasteiger partial charge in [0.15, 0.2) is 5.82 Å². The largest absolute Gasteiger partial charge is 0.477 e. The molecule has 0 aliphatic rings. The number of aryl methyl sites for hydroxylation is 4. The molecule has 0 radical (unpaired) electrons. The summed E-state index contributed by atoms with van der Waals surface area (Å²) in [7, 11) is 3.52. The van der Waals surface area contributed by atoms with Crippen molar-refractivity contribution >= 4 is 17.6 Å². The third-order valence-corrected chi connectivity index (χ3v) is 2.80. The zero-order valence-corrected chi connectivity index (χ0v) is 10.7. The molecule has 0 bridgehead atoms. The van der Waals surface area contributed by atoms with Crippen LogP contribution in [0.5, 0.6) is 0 Å². The van der Waals surface area contributed by atoms with Crippen LogP contribution in [0.3, 0.4) is 0 Å². The lowest BCUT2D eigenvalue weighted by molar-refractivity contribution is 0.0697. The minimum absolute atomic E-state index is 0.167. The molecular weight excluding hydrogens is 234 g/mol. The van der Waals surface area contributed by atoms with Gasteiger partial charge in [0.25, 0.3) is 0 Å². The topological polar surface area (TPSA) is 85.0 Å². The third-order valence-electron chi connectivity index (χ3n) is 2.80. The molecule has 2 rings (SSSR count). The number of aromatic nitrogens is 4. The van der Waals surface area contributed by atoms with Crippen LogP contribution in [0.15, 0.2) is 6.07 Å². The molecule has 0 unspecified atom stereocenters. The monoisotopic (exact) mass is 249 g/mol. The van der Waals surface area contributed by atoms with E-state index in [1.165, 1.54) is 4.68 Å². The van der Waals surface area contributed by atoms with Gasteiger partial charge < -0.3 is 10.4 Å². The molecule has 7 nitrogen and oxygen atoms in total. The van der Waals surface area contributed by atoms with E-state index < -0.39 is 5.97 Å². The van der Waals surface area contributed by atoms with Gasteiger partial charge in [-0.3, -0.25) is 9.36 Å². The molecule has 7 heteroatoms. The van der Waals surface area contributed by atoms with Crippen molar-refractivity contribution in [2.75, 3.05) is 5.32 Å². The normalized spacial score (nSPS) is 10.7. The van der Waals surface area contributed by atoms with E-state index in [2.05, 4.69) is 15.5 Å². The molecule has 0 saturated carbocycles. The van der Waals surface area contributed by atoms with Gasteiger partial charge in [-0.25, -0.2) is 4.79 Å². The molecular formula is C11H15N5O2. The molecule has 96 valence electrons. The zero-order valence-electron chi connectivity index (χ0n) is 10.7. The Bertz CT molecular complexity index is 592. The summed E-state index contributed by atoms with van der Waals surface area (Å²) in [6.45, 7) is 3.59. The maximum Gasteiger partial charge on any atom is 0.341 e. The zero-order chi connectivity index (χ0) is 13.4. The van der Waals surface area contributed by atoms with Crippen LogP contribution in [0.2, 0.25) is 0 Å². The first-order valence-corrected chi connectivity index (χ1v) is 5.44. The van der Waals surface area contributed by atoms with Gasteiger partial charge in [0.2, 0.25) is 0 Å². The third kappa shape index (κ3) is 1.94. The van der Waals surface area contributed by atoms with Crippen LogP contribution in [0.1, 0.15) is 21.7 Å². The second-order valence-electron chi connectivity index (χ2n) is 4.16. The van der Waals surface area contributed by atoms with E-state index in [-0.39, 0.29) is 5.56 Å². The molecule has 0 aliphatic carbocycles. The highest BCUT2D eigenvalue weighted by atomic mass is 16.4. The molecule has 2 aromatic rings. The van der Waals surface area contributed by atoms with E-state index in [4.69, 9.17) is 0 Å². The Kier molecular flexibility index (Phi) is 2.82. The Morgan fingerprint density at radius 3 is 2.44 bits per heavy atom. The quantitative estimate of drug-likeness (QED) is 0.854. The SMILES string of the molecule is Cc1nn(C)c(Nc2cc(C)n(C)n2)c1C(=O)O. The fraction of sp³-hybridized carbons (Fsp3) is 0.364. The molecule has 0 aliphatic heterocycles. The summed E-state index contributed by atoms with van der Waals surface area (Å²) in [5.41, 5.74) is 1.62. The lowest BCUT2D eigenvalue weighted by atomic mass is 10.2. The number of carboxylic acids is 1. The number of carboxylic acid groups (broad SMARTS) is 1. The van der Waals surface area contributed by atoms with Crippen molar-refractivity contribution in [2.45, 2.75) is 13.8 Å². The average molecular weight is 249 g/mol. The maximum atomic E-state index is 11.2. The molecule has 0 atom stereocenters. The number of carbonyl (C=O) groups is 1. The standard InChI is InChI=1S/C11H15N5O2/c1-6-5-8(14-15(6)3)12-10-9(11(17)18)7(2)13-16(10)4/h5H,1-4H3,(H,12,14)(H,17,18). The van der Waals surface area contributed by atoms with E-state index in [1.807, 2.05) is 20.0 Å². The summed E-state index contributed by atoms with van der Waals surface area (Å²) in [4.78, 5) is 11.2. The van der Waals surface area contributed by atoms with Gasteiger partial charge in [0.1, 0.15) is 11.4 Å². The van der Waals surface area contributed by atoms with Gasteiger partial charge in [-0.1, -0.05) is 0 Å². The molecule has 0 amide bonds. The summed E-state index contributed by atoms with van der Waals surface area (Å²) >= 11 is 0.